The summed E-state index contributed by atoms with van der Waals surface area (Å²) in [6, 6.07) is 1.70. The van der Waals surface area contributed by atoms with Gasteiger partial charge in [0.2, 0.25) is 0 Å². The third-order valence-corrected chi connectivity index (χ3v) is 3.67. The van der Waals surface area contributed by atoms with Crippen LogP contribution in [0.2, 0.25) is 0 Å². The monoisotopic (exact) mass is 325 g/mol. The molecule has 0 aliphatic carbocycles. The summed E-state index contributed by atoms with van der Waals surface area (Å²) in [7, 11) is 0. The van der Waals surface area contributed by atoms with Gasteiger partial charge in [-0.1, -0.05) is 6.92 Å². The van der Waals surface area contributed by atoms with E-state index in [4.69, 9.17) is 5.11 Å². The molecular formula is C9H12INO2S. The van der Waals surface area contributed by atoms with Crippen LogP contribution in [0.4, 0.5) is 0 Å². The van der Waals surface area contributed by atoms with Crippen molar-refractivity contribution >= 4 is 39.8 Å². The van der Waals surface area contributed by atoms with E-state index in [2.05, 4.69) is 27.9 Å². The van der Waals surface area contributed by atoms with Gasteiger partial charge in [-0.25, -0.2) is 0 Å². The number of thiophene rings is 1. The number of amides is 1. The minimum Gasteiger partial charge on any atom is -0.394 e. The molecule has 0 aromatic carbocycles. The Kier molecular flexibility index (Phi) is 4.83. The van der Waals surface area contributed by atoms with Crippen molar-refractivity contribution in [3.05, 3.63) is 19.9 Å². The summed E-state index contributed by atoms with van der Waals surface area (Å²) in [5.74, 6) is -0.106. The summed E-state index contributed by atoms with van der Waals surface area (Å²) in [6.07, 6.45) is 0.740. The van der Waals surface area contributed by atoms with E-state index in [1.165, 1.54) is 11.3 Å². The lowest BCUT2D eigenvalue weighted by molar-refractivity contribution is 0.0915. The molecule has 0 aliphatic heterocycles. The number of aliphatic hydroxyl groups excluding tert-OH is 1. The highest BCUT2D eigenvalue weighted by Crippen LogP contribution is 2.16. The van der Waals surface area contributed by atoms with E-state index >= 15 is 0 Å². The number of hydrogen-bond acceptors (Lipinski definition) is 3. The van der Waals surface area contributed by atoms with Gasteiger partial charge in [0.1, 0.15) is 0 Å². The molecule has 0 saturated heterocycles. The number of halogens is 1. The fourth-order valence-electron chi connectivity index (χ4n) is 0.975. The normalized spacial score (nSPS) is 12.5. The summed E-state index contributed by atoms with van der Waals surface area (Å²) in [4.78, 5) is 11.6. The third kappa shape index (κ3) is 3.21. The Morgan fingerprint density at radius 1 is 1.79 bits per heavy atom. The molecule has 0 spiro atoms. The van der Waals surface area contributed by atoms with Gasteiger partial charge in [-0.2, -0.15) is 0 Å². The van der Waals surface area contributed by atoms with Gasteiger partial charge in [0.15, 0.2) is 0 Å². The van der Waals surface area contributed by atoms with Gasteiger partial charge in [-0.15, -0.1) is 11.3 Å². The number of nitrogens with one attached hydrogen (secondary N) is 1. The molecule has 5 heteroatoms. The molecule has 0 fully saturated rings. The molecule has 0 saturated carbocycles. The van der Waals surface area contributed by atoms with E-state index in [-0.39, 0.29) is 18.6 Å². The van der Waals surface area contributed by atoms with Crippen LogP contribution in [-0.2, 0) is 0 Å². The molecule has 14 heavy (non-hydrogen) atoms. The van der Waals surface area contributed by atoms with Crippen LogP contribution in [0.3, 0.4) is 0 Å². The van der Waals surface area contributed by atoms with Crippen molar-refractivity contribution in [1.82, 2.24) is 5.32 Å². The Morgan fingerprint density at radius 2 is 2.50 bits per heavy atom. The van der Waals surface area contributed by atoms with Gasteiger partial charge >= 0.3 is 0 Å². The third-order valence-electron chi connectivity index (χ3n) is 1.88. The largest absolute Gasteiger partial charge is 0.394 e. The first-order valence-electron chi connectivity index (χ1n) is 4.33. The summed E-state index contributed by atoms with van der Waals surface area (Å²) >= 11 is 3.71. The first-order chi connectivity index (χ1) is 6.67. The molecule has 1 aromatic rings. The molecule has 1 atom stereocenters. The minimum atomic E-state index is -0.139. The zero-order valence-electron chi connectivity index (χ0n) is 7.79. The second kappa shape index (κ2) is 5.67. The average Bonchev–Trinajstić information content (AvgIpc) is 2.61. The van der Waals surface area contributed by atoms with Gasteiger partial charge in [-0.05, 0) is 35.1 Å². The highest BCUT2D eigenvalue weighted by atomic mass is 127. The number of hydrogen-bond donors (Lipinski definition) is 2. The van der Waals surface area contributed by atoms with Crippen molar-refractivity contribution in [2.24, 2.45) is 0 Å². The van der Waals surface area contributed by atoms with Crippen LogP contribution >= 0.6 is 33.9 Å². The maximum absolute atomic E-state index is 11.6. The Bertz CT molecular complexity index is 310. The van der Waals surface area contributed by atoms with E-state index in [1.54, 1.807) is 0 Å². The standard InChI is InChI=1S/C9H12INO2S/c1-2-7(4-12)11-9(13)6-3-8(10)14-5-6/h3,5,7,12H,2,4H2,1H3,(H,11,13)/t7-/m0/s1. The van der Waals surface area contributed by atoms with Crippen molar-refractivity contribution in [1.29, 1.82) is 0 Å². The van der Waals surface area contributed by atoms with E-state index in [9.17, 15) is 4.79 Å². The SMILES string of the molecule is CC[C@@H](CO)NC(=O)c1csc(I)c1. The van der Waals surface area contributed by atoms with Crippen LogP contribution in [0, 0.1) is 2.88 Å². The van der Waals surface area contributed by atoms with Crippen LogP contribution < -0.4 is 5.32 Å². The van der Waals surface area contributed by atoms with E-state index in [0.717, 1.165) is 9.30 Å². The van der Waals surface area contributed by atoms with Crippen LogP contribution in [-0.4, -0.2) is 23.7 Å². The van der Waals surface area contributed by atoms with Gasteiger partial charge in [0.25, 0.3) is 5.91 Å². The number of aliphatic hydroxyl groups is 1. The Labute approximate surface area is 101 Å². The number of rotatable bonds is 4. The number of carbonyl (C=O) groups is 1. The first-order valence-corrected chi connectivity index (χ1v) is 6.29. The van der Waals surface area contributed by atoms with E-state index in [0.29, 0.717) is 5.56 Å². The van der Waals surface area contributed by atoms with Crippen molar-refractivity contribution in [2.75, 3.05) is 6.61 Å². The minimum absolute atomic E-state index is 0.0104. The fourth-order valence-corrected chi connectivity index (χ4v) is 2.30. The van der Waals surface area contributed by atoms with Gasteiger partial charge < -0.3 is 10.4 Å². The smallest absolute Gasteiger partial charge is 0.252 e. The lowest BCUT2D eigenvalue weighted by Gasteiger charge is -2.12. The van der Waals surface area contributed by atoms with Gasteiger partial charge in [0.05, 0.1) is 21.1 Å². The first kappa shape index (κ1) is 11.9. The van der Waals surface area contributed by atoms with Crippen molar-refractivity contribution in [3.8, 4) is 0 Å². The maximum Gasteiger partial charge on any atom is 0.252 e. The highest BCUT2D eigenvalue weighted by molar-refractivity contribution is 14.1. The topological polar surface area (TPSA) is 49.3 Å². The molecule has 1 aromatic heterocycles. The fraction of sp³-hybridized carbons (Fsp3) is 0.444. The molecule has 78 valence electrons. The second-order valence-corrected chi connectivity index (χ2v) is 5.71. The van der Waals surface area contributed by atoms with Gasteiger partial charge in [0, 0.05) is 5.38 Å². The molecule has 1 heterocycles. The molecule has 0 aliphatic rings. The molecular weight excluding hydrogens is 313 g/mol. The zero-order chi connectivity index (χ0) is 10.6. The summed E-state index contributed by atoms with van der Waals surface area (Å²) in [6.45, 7) is 1.92. The molecule has 2 N–H and O–H groups in total. The van der Waals surface area contributed by atoms with Crippen LogP contribution in [0.1, 0.15) is 23.7 Å². The highest BCUT2D eigenvalue weighted by Gasteiger charge is 2.12. The second-order valence-electron chi connectivity index (χ2n) is 2.90. The lowest BCUT2D eigenvalue weighted by atomic mass is 10.2. The lowest BCUT2D eigenvalue weighted by Crippen LogP contribution is -2.36. The Balaban J connectivity index is 2.58. The molecule has 0 unspecified atom stereocenters. The maximum atomic E-state index is 11.6. The van der Waals surface area contributed by atoms with Crippen LogP contribution in [0.15, 0.2) is 11.4 Å². The van der Waals surface area contributed by atoms with Crippen molar-refractivity contribution < 1.29 is 9.90 Å². The Morgan fingerprint density at radius 3 is 2.93 bits per heavy atom. The molecule has 0 bridgehead atoms. The summed E-state index contributed by atoms with van der Waals surface area (Å²) in [5, 5.41) is 13.5. The number of carbonyl (C=O) groups excluding carboxylic acids is 1. The average molecular weight is 325 g/mol. The van der Waals surface area contributed by atoms with Crippen molar-refractivity contribution in [2.45, 2.75) is 19.4 Å². The molecule has 3 nitrogen and oxygen atoms in total. The molecule has 1 amide bonds. The Hall–Kier alpha value is -0.140. The quantitative estimate of drug-likeness (QED) is 0.830. The van der Waals surface area contributed by atoms with Gasteiger partial charge in [-0.3, -0.25) is 4.79 Å². The summed E-state index contributed by atoms with van der Waals surface area (Å²) in [5.41, 5.74) is 0.673. The predicted molar refractivity (Wildman–Crippen MR) is 65.7 cm³/mol. The van der Waals surface area contributed by atoms with Crippen molar-refractivity contribution in [3.63, 3.8) is 0 Å². The van der Waals surface area contributed by atoms with Crippen LogP contribution in [0.25, 0.3) is 0 Å². The molecule has 0 radical (unpaired) electrons. The van der Waals surface area contributed by atoms with Crippen LogP contribution in [0.5, 0.6) is 0 Å². The predicted octanol–water partition coefficient (Wildman–Crippen LogP) is 1.85. The zero-order valence-corrected chi connectivity index (χ0v) is 10.8. The van der Waals surface area contributed by atoms with E-state index in [1.807, 2.05) is 18.4 Å². The molecule has 1 rings (SSSR count). The van der Waals surface area contributed by atoms with E-state index < -0.39 is 0 Å². The summed E-state index contributed by atoms with van der Waals surface area (Å²) < 4.78 is 1.09.